The average Bonchev–Trinajstić information content (AvgIpc) is 3.37. The van der Waals surface area contributed by atoms with Gasteiger partial charge in [0.25, 0.3) is 0 Å². The molecule has 0 aromatic heterocycles. The van der Waals surface area contributed by atoms with Crippen LogP contribution >= 0.6 is 0 Å². The fourth-order valence-corrected chi connectivity index (χ4v) is 3.91. The molecule has 3 atom stereocenters. The van der Waals surface area contributed by atoms with E-state index >= 15 is 0 Å². The summed E-state index contributed by atoms with van der Waals surface area (Å²) < 4.78 is 5.10. The second kappa shape index (κ2) is 12.5. The van der Waals surface area contributed by atoms with Crippen LogP contribution in [0.5, 0.6) is 0 Å². The first-order valence-electron chi connectivity index (χ1n) is 11.3. The normalized spacial score (nSPS) is 16.7. The van der Waals surface area contributed by atoms with Gasteiger partial charge < -0.3 is 30.5 Å². The lowest BCUT2D eigenvalue weighted by Gasteiger charge is -2.28. The summed E-state index contributed by atoms with van der Waals surface area (Å²) in [5, 5.41) is 24.0. The van der Waals surface area contributed by atoms with Crippen molar-refractivity contribution in [2.24, 2.45) is 0 Å². The van der Waals surface area contributed by atoms with Crippen LogP contribution < -0.4 is 10.6 Å². The Morgan fingerprint density at radius 1 is 0.943 bits per heavy atom. The fourth-order valence-electron chi connectivity index (χ4n) is 3.91. The van der Waals surface area contributed by atoms with Gasteiger partial charge >= 0.3 is 12.1 Å². The molecule has 0 aliphatic carbocycles. The number of ether oxygens (including phenoxy) is 1. The number of carbonyl (C=O) groups is 4. The Balaban J connectivity index is 1.67. The van der Waals surface area contributed by atoms with Crippen molar-refractivity contribution in [1.29, 1.82) is 0 Å². The van der Waals surface area contributed by atoms with E-state index in [1.165, 1.54) is 4.90 Å². The lowest BCUT2D eigenvalue weighted by atomic mass is 10.0. The monoisotopic (exact) mass is 483 g/mol. The van der Waals surface area contributed by atoms with Gasteiger partial charge in [0.15, 0.2) is 0 Å². The van der Waals surface area contributed by atoms with Gasteiger partial charge in [0.2, 0.25) is 11.8 Å². The van der Waals surface area contributed by atoms with Crippen LogP contribution in [0.4, 0.5) is 4.79 Å². The molecule has 1 heterocycles. The molecule has 0 radical (unpaired) electrons. The first kappa shape index (κ1) is 25.7. The lowest BCUT2D eigenvalue weighted by Crippen LogP contribution is -2.57. The van der Waals surface area contributed by atoms with Crippen molar-refractivity contribution in [3.63, 3.8) is 0 Å². The molecule has 10 nitrogen and oxygen atoms in total. The number of nitrogens with one attached hydrogen (secondary N) is 2. The van der Waals surface area contributed by atoms with Crippen molar-refractivity contribution in [3.05, 3.63) is 71.8 Å². The number of carboxylic acids is 1. The van der Waals surface area contributed by atoms with E-state index in [2.05, 4.69) is 10.6 Å². The highest BCUT2D eigenvalue weighted by Crippen LogP contribution is 2.19. The first-order chi connectivity index (χ1) is 16.9. The summed E-state index contributed by atoms with van der Waals surface area (Å²) in [6.07, 6.45) is 0.0916. The van der Waals surface area contributed by atoms with Crippen LogP contribution in [0.3, 0.4) is 0 Å². The van der Waals surface area contributed by atoms with Crippen LogP contribution in [0, 0.1) is 0 Å². The third-order valence-electron chi connectivity index (χ3n) is 5.72. The van der Waals surface area contributed by atoms with Crippen LogP contribution in [0.1, 0.15) is 24.0 Å². The molecule has 35 heavy (non-hydrogen) atoms. The number of aliphatic carboxylic acids is 1. The molecular weight excluding hydrogens is 454 g/mol. The molecule has 2 aromatic carbocycles. The number of aliphatic hydroxyl groups excluding tert-OH is 1. The highest BCUT2D eigenvalue weighted by molar-refractivity contribution is 5.93. The van der Waals surface area contributed by atoms with Crippen molar-refractivity contribution in [2.45, 2.75) is 44.0 Å². The number of hydrogen-bond donors (Lipinski definition) is 4. The predicted molar refractivity (Wildman–Crippen MR) is 125 cm³/mol. The Kier molecular flexibility index (Phi) is 9.19. The van der Waals surface area contributed by atoms with Crippen molar-refractivity contribution < 1.29 is 34.1 Å². The number of nitrogens with zero attached hydrogens (tertiary/aromatic N) is 1. The van der Waals surface area contributed by atoms with Gasteiger partial charge in [-0.05, 0) is 24.0 Å². The average molecular weight is 484 g/mol. The number of rotatable bonds is 10. The molecule has 10 heteroatoms. The molecule has 4 N–H and O–H groups in total. The highest BCUT2D eigenvalue weighted by atomic mass is 16.5. The molecule has 1 aliphatic heterocycles. The number of hydrogen-bond acceptors (Lipinski definition) is 6. The van der Waals surface area contributed by atoms with Crippen LogP contribution in [0.2, 0.25) is 0 Å². The molecule has 186 valence electrons. The summed E-state index contributed by atoms with van der Waals surface area (Å²) in [6.45, 7) is -0.475. The molecule has 3 rings (SSSR count). The number of alkyl carbamates (subject to hydrolysis) is 1. The number of carbonyl (C=O) groups excluding carboxylic acids is 3. The van der Waals surface area contributed by atoms with Crippen molar-refractivity contribution in [1.82, 2.24) is 15.5 Å². The molecule has 0 bridgehead atoms. The molecule has 0 saturated carbocycles. The molecule has 0 spiro atoms. The van der Waals surface area contributed by atoms with Crippen molar-refractivity contribution >= 4 is 23.9 Å². The van der Waals surface area contributed by atoms with Crippen LogP contribution in [-0.2, 0) is 32.1 Å². The highest BCUT2D eigenvalue weighted by Gasteiger charge is 2.38. The smallest absolute Gasteiger partial charge is 0.408 e. The third-order valence-corrected chi connectivity index (χ3v) is 5.72. The van der Waals surface area contributed by atoms with Gasteiger partial charge in [-0.15, -0.1) is 0 Å². The number of aliphatic hydroxyl groups is 1. The maximum Gasteiger partial charge on any atom is 0.408 e. The minimum Gasteiger partial charge on any atom is -0.480 e. The fraction of sp³-hybridized carbons (Fsp3) is 0.360. The van der Waals surface area contributed by atoms with E-state index in [4.69, 9.17) is 4.74 Å². The van der Waals surface area contributed by atoms with E-state index in [0.29, 0.717) is 12.8 Å². The zero-order valence-corrected chi connectivity index (χ0v) is 19.1. The molecule has 2 aromatic rings. The summed E-state index contributed by atoms with van der Waals surface area (Å²) in [7, 11) is 0. The Morgan fingerprint density at radius 3 is 2.17 bits per heavy atom. The van der Waals surface area contributed by atoms with E-state index < -0.39 is 48.6 Å². The number of amides is 3. The third kappa shape index (κ3) is 7.28. The van der Waals surface area contributed by atoms with Crippen LogP contribution in [0.15, 0.2) is 60.7 Å². The van der Waals surface area contributed by atoms with E-state index in [1.54, 1.807) is 48.5 Å². The number of likely N-dealkylation sites (tertiary alicyclic amines) is 1. The molecule has 3 unspecified atom stereocenters. The molecule has 3 amide bonds. The first-order valence-corrected chi connectivity index (χ1v) is 11.3. The summed E-state index contributed by atoms with van der Waals surface area (Å²) in [4.78, 5) is 51.2. The lowest BCUT2D eigenvalue weighted by molar-refractivity contribution is -0.149. The molecular formula is C25H29N3O7. The molecule has 1 fully saturated rings. The second-order valence-electron chi connectivity index (χ2n) is 8.22. The Morgan fingerprint density at radius 2 is 1.57 bits per heavy atom. The minimum atomic E-state index is -1.36. The largest absolute Gasteiger partial charge is 0.480 e. The number of benzene rings is 2. The topological polar surface area (TPSA) is 145 Å². The molecule has 1 aliphatic rings. The van der Waals surface area contributed by atoms with Gasteiger partial charge in [0.1, 0.15) is 24.7 Å². The van der Waals surface area contributed by atoms with Gasteiger partial charge in [-0.25, -0.2) is 9.59 Å². The van der Waals surface area contributed by atoms with Crippen LogP contribution in [-0.4, -0.2) is 70.3 Å². The van der Waals surface area contributed by atoms with Gasteiger partial charge in [-0.2, -0.15) is 0 Å². The summed E-state index contributed by atoms with van der Waals surface area (Å²) >= 11 is 0. The van der Waals surface area contributed by atoms with Gasteiger partial charge in [0, 0.05) is 13.0 Å². The van der Waals surface area contributed by atoms with E-state index in [-0.39, 0.29) is 19.6 Å². The Bertz CT molecular complexity index is 1020. The standard InChI is InChI=1S/C25H29N3O7/c29-15-20(27-25(34)35-16-18-10-5-2-6-11-18)22(30)26-19(14-17-8-3-1-4-9-17)23(31)28-13-7-12-21(28)24(32)33/h1-6,8-11,19-21,29H,7,12-16H2,(H,26,30)(H,27,34)(H,32,33). The quantitative estimate of drug-likeness (QED) is 0.396. The van der Waals surface area contributed by atoms with E-state index in [9.17, 15) is 29.4 Å². The maximum atomic E-state index is 13.3. The minimum absolute atomic E-state index is 0.0207. The Hall–Kier alpha value is -3.92. The van der Waals surface area contributed by atoms with E-state index in [0.717, 1.165) is 11.1 Å². The summed E-state index contributed by atoms with van der Waals surface area (Å²) in [5.41, 5.74) is 1.51. The SMILES string of the molecule is O=C(NC(CO)C(=O)NC(Cc1ccccc1)C(=O)N1CCCC1C(=O)O)OCc1ccccc1. The zero-order valence-electron chi connectivity index (χ0n) is 19.1. The van der Waals surface area contributed by atoms with Gasteiger partial charge in [-0.3, -0.25) is 9.59 Å². The maximum absolute atomic E-state index is 13.3. The van der Waals surface area contributed by atoms with Crippen LogP contribution in [0.25, 0.3) is 0 Å². The number of carboxylic acid groups (broad SMARTS) is 1. The molecule has 1 saturated heterocycles. The zero-order chi connectivity index (χ0) is 25.2. The Labute approximate surface area is 202 Å². The summed E-state index contributed by atoms with van der Waals surface area (Å²) in [6, 6.07) is 14.5. The van der Waals surface area contributed by atoms with Crippen molar-refractivity contribution in [2.75, 3.05) is 13.2 Å². The van der Waals surface area contributed by atoms with Crippen molar-refractivity contribution in [3.8, 4) is 0 Å². The predicted octanol–water partition coefficient (Wildman–Crippen LogP) is 1.08. The van der Waals surface area contributed by atoms with E-state index in [1.807, 2.05) is 12.1 Å². The van der Waals surface area contributed by atoms with Gasteiger partial charge in [0.05, 0.1) is 6.61 Å². The summed E-state index contributed by atoms with van der Waals surface area (Å²) in [5.74, 6) is -2.42. The van der Waals surface area contributed by atoms with Gasteiger partial charge in [-0.1, -0.05) is 60.7 Å². The second-order valence-corrected chi connectivity index (χ2v) is 8.22.